The molecule has 0 atom stereocenters. The van der Waals surface area contributed by atoms with Gasteiger partial charge in [-0.15, -0.1) is 0 Å². The van der Waals surface area contributed by atoms with Gasteiger partial charge in [-0.1, -0.05) is 13.0 Å². The SMILES string of the molecule is CCc1ccc(S(C)(=O)=O)c(C(F)(F)F)c1. The van der Waals surface area contributed by atoms with Crippen LogP contribution in [-0.4, -0.2) is 14.7 Å². The summed E-state index contributed by atoms with van der Waals surface area (Å²) in [4.78, 5) is -0.669. The van der Waals surface area contributed by atoms with E-state index >= 15 is 0 Å². The number of aryl methyl sites for hydroxylation is 1. The lowest BCUT2D eigenvalue weighted by atomic mass is 10.1. The topological polar surface area (TPSA) is 34.1 Å². The lowest BCUT2D eigenvalue weighted by Gasteiger charge is -2.12. The van der Waals surface area contributed by atoms with Crippen LogP contribution in [0.3, 0.4) is 0 Å². The Bertz CT molecular complexity index is 489. The summed E-state index contributed by atoms with van der Waals surface area (Å²) in [6.07, 6.45) is -3.46. The van der Waals surface area contributed by atoms with Gasteiger partial charge >= 0.3 is 6.18 Å². The lowest BCUT2D eigenvalue weighted by molar-refractivity contribution is -0.139. The zero-order valence-electron chi connectivity index (χ0n) is 8.80. The van der Waals surface area contributed by atoms with E-state index < -0.39 is 26.5 Å². The van der Waals surface area contributed by atoms with Crippen LogP contribution in [0.4, 0.5) is 13.2 Å². The van der Waals surface area contributed by atoms with E-state index in [0.29, 0.717) is 12.0 Å². The molecule has 0 spiro atoms. The third-order valence-corrected chi connectivity index (χ3v) is 3.31. The highest BCUT2D eigenvalue weighted by Crippen LogP contribution is 2.34. The average molecular weight is 252 g/mol. The van der Waals surface area contributed by atoms with Crippen molar-refractivity contribution in [3.63, 3.8) is 0 Å². The van der Waals surface area contributed by atoms with Gasteiger partial charge in [0, 0.05) is 6.26 Å². The first-order chi connectivity index (χ1) is 7.16. The van der Waals surface area contributed by atoms with Crippen molar-refractivity contribution >= 4 is 9.84 Å². The normalized spacial score (nSPS) is 12.8. The Morgan fingerprint density at radius 1 is 1.25 bits per heavy atom. The van der Waals surface area contributed by atoms with Crippen LogP contribution < -0.4 is 0 Å². The number of sulfone groups is 1. The van der Waals surface area contributed by atoms with E-state index in [0.717, 1.165) is 18.4 Å². The molecule has 0 fully saturated rings. The minimum Gasteiger partial charge on any atom is -0.224 e. The highest BCUT2D eigenvalue weighted by Gasteiger charge is 2.36. The predicted octanol–water partition coefficient (Wildman–Crippen LogP) is 2.67. The van der Waals surface area contributed by atoms with Crippen LogP contribution in [0, 0.1) is 0 Å². The first-order valence-electron chi connectivity index (χ1n) is 4.56. The molecule has 0 aliphatic rings. The predicted molar refractivity (Wildman–Crippen MR) is 53.9 cm³/mol. The molecule has 6 heteroatoms. The van der Waals surface area contributed by atoms with Gasteiger partial charge in [0.25, 0.3) is 0 Å². The van der Waals surface area contributed by atoms with Gasteiger partial charge in [-0.05, 0) is 24.1 Å². The molecular formula is C10H11F3O2S. The Morgan fingerprint density at radius 2 is 1.81 bits per heavy atom. The molecule has 0 aliphatic heterocycles. The second-order valence-corrected chi connectivity index (χ2v) is 5.44. The molecule has 0 radical (unpaired) electrons. The van der Waals surface area contributed by atoms with Crippen molar-refractivity contribution in [2.75, 3.05) is 6.26 Å². The third kappa shape index (κ3) is 2.75. The molecule has 2 nitrogen and oxygen atoms in total. The molecule has 0 saturated carbocycles. The monoisotopic (exact) mass is 252 g/mol. The van der Waals surface area contributed by atoms with Crippen molar-refractivity contribution in [2.45, 2.75) is 24.4 Å². The fourth-order valence-electron chi connectivity index (χ4n) is 1.34. The van der Waals surface area contributed by atoms with E-state index in [2.05, 4.69) is 0 Å². The van der Waals surface area contributed by atoms with Gasteiger partial charge in [0.05, 0.1) is 10.5 Å². The van der Waals surface area contributed by atoms with Crippen LogP contribution in [0.2, 0.25) is 0 Å². The zero-order valence-corrected chi connectivity index (χ0v) is 9.61. The molecule has 90 valence electrons. The molecule has 0 unspecified atom stereocenters. The quantitative estimate of drug-likeness (QED) is 0.811. The Labute approximate surface area is 92.0 Å². The Hall–Kier alpha value is -1.04. The van der Waals surface area contributed by atoms with E-state index in [-0.39, 0.29) is 0 Å². The standard InChI is InChI=1S/C10H11F3O2S/c1-3-7-4-5-9(16(2,14)15)8(6-7)10(11,12)13/h4-6H,3H2,1-2H3. The average Bonchev–Trinajstić information content (AvgIpc) is 2.14. The Kier molecular flexibility index (Phi) is 3.33. The molecular weight excluding hydrogens is 241 g/mol. The van der Waals surface area contributed by atoms with Crippen LogP contribution in [0.15, 0.2) is 23.1 Å². The molecule has 0 aliphatic carbocycles. The largest absolute Gasteiger partial charge is 0.417 e. The fraction of sp³-hybridized carbons (Fsp3) is 0.400. The van der Waals surface area contributed by atoms with Gasteiger partial charge in [-0.2, -0.15) is 13.2 Å². The Balaban J connectivity index is 3.52. The van der Waals surface area contributed by atoms with Gasteiger partial charge in [-0.25, -0.2) is 8.42 Å². The number of halogens is 3. The van der Waals surface area contributed by atoms with Crippen LogP contribution in [0.5, 0.6) is 0 Å². The number of alkyl halides is 3. The third-order valence-electron chi connectivity index (χ3n) is 2.16. The fourth-order valence-corrected chi connectivity index (χ4v) is 2.23. The van der Waals surface area contributed by atoms with E-state index in [4.69, 9.17) is 0 Å². The van der Waals surface area contributed by atoms with Crippen LogP contribution >= 0.6 is 0 Å². The van der Waals surface area contributed by atoms with Crippen molar-refractivity contribution in [1.82, 2.24) is 0 Å². The molecule has 0 heterocycles. The van der Waals surface area contributed by atoms with Crippen LogP contribution in [0.1, 0.15) is 18.1 Å². The molecule has 1 aromatic rings. The molecule has 1 aromatic carbocycles. The summed E-state index contributed by atoms with van der Waals surface area (Å²) in [5.74, 6) is 0. The maximum atomic E-state index is 12.6. The summed E-state index contributed by atoms with van der Waals surface area (Å²) in [5, 5.41) is 0. The van der Waals surface area contributed by atoms with Crippen molar-refractivity contribution < 1.29 is 21.6 Å². The first kappa shape index (κ1) is 13.0. The Morgan fingerprint density at radius 3 is 2.19 bits per heavy atom. The van der Waals surface area contributed by atoms with E-state index in [1.165, 1.54) is 6.07 Å². The lowest BCUT2D eigenvalue weighted by Crippen LogP contribution is -2.13. The molecule has 1 rings (SSSR count). The minimum atomic E-state index is -4.65. The summed E-state index contributed by atoms with van der Waals surface area (Å²) in [5.41, 5.74) is -0.630. The van der Waals surface area contributed by atoms with E-state index in [9.17, 15) is 21.6 Å². The summed E-state index contributed by atoms with van der Waals surface area (Å²) in [6, 6.07) is 3.29. The smallest absolute Gasteiger partial charge is 0.224 e. The molecule has 16 heavy (non-hydrogen) atoms. The number of hydrogen-bond donors (Lipinski definition) is 0. The van der Waals surface area contributed by atoms with Crippen molar-refractivity contribution in [3.05, 3.63) is 29.3 Å². The summed E-state index contributed by atoms with van der Waals surface area (Å²) >= 11 is 0. The molecule has 0 saturated heterocycles. The van der Waals surface area contributed by atoms with Gasteiger partial charge in [0.2, 0.25) is 0 Å². The summed E-state index contributed by atoms with van der Waals surface area (Å²) < 4.78 is 60.3. The van der Waals surface area contributed by atoms with E-state index in [1.807, 2.05) is 0 Å². The highest BCUT2D eigenvalue weighted by atomic mass is 32.2. The van der Waals surface area contributed by atoms with Crippen LogP contribution in [-0.2, 0) is 22.4 Å². The highest BCUT2D eigenvalue weighted by molar-refractivity contribution is 7.90. The van der Waals surface area contributed by atoms with Crippen molar-refractivity contribution in [1.29, 1.82) is 0 Å². The van der Waals surface area contributed by atoms with Gasteiger partial charge in [0.15, 0.2) is 9.84 Å². The molecule has 0 N–H and O–H groups in total. The second-order valence-electron chi connectivity index (χ2n) is 3.45. The van der Waals surface area contributed by atoms with Gasteiger partial charge in [0.1, 0.15) is 0 Å². The number of benzene rings is 1. The molecule has 0 amide bonds. The molecule has 0 aromatic heterocycles. The van der Waals surface area contributed by atoms with Crippen molar-refractivity contribution in [3.8, 4) is 0 Å². The summed E-state index contributed by atoms with van der Waals surface area (Å²) in [7, 11) is -3.86. The molecule has 0 bridgehead atoms. The number of rotatable bonds is 2. The van der Waals surface area contributed by atoms with Crippen molar-refractivity contribution in [2.24, 2.45) is 0 Å². The second kappa shape index (κ2) is 4.08. The van der Waals surface area contributed by atoms with Gasteiger partial charge < -0.3 is 0 Å². The maximum absolute atomic E-state index is 12.6. The number of hydrogen-bond acceptors (Lipinski definition) is 2. The maximum Gasteiger partial charge on any atom is 0.417 e. The zero-order chi connectivity index (χ0) is 12.6. The minimum absolute atomic E-state index is 0.424. The first-order valence-corrected chi connectivity index (χ1v) is 6.45. The van der Waals surface area contributed by atoms with Gasteiger partial charge in [-0.3, -0.25) is 0 Å². The summed E-state index contributed by atoms with van der Waals surface area (Å²) in [6.45, 7) is 1.70. The van der Waals surface area contributed by atoms with Crippen LogP contribution in [0.25, 0.3) is 0 Å². The van der Waals surface area contributed by atoms with E-state index in [1.54, 1.807) is 6.92 Å².